The summed E-state index contributed by atoms with van der Waals surface area (Å²) in [6, 6.07) is 5.34. The van der Waals surface area contributed by atoms with E-state index in [1.54, 1.807) is 18.2 Å². The number of halogens is 2. The maximum Gasteiger partial charge on any atom is 0.258 e. The SMILES string of the molecule is O=C(Nc1ccc(Cl)c(Cl)c1)c1cnc(NC2CCCCC2)nc1. The molecule has 0 aliphatic heterocycles. The molecule has 1 amide bonds. The summed E-state index contributed by atoms with van der Waals surface area (Å²) in [5, 5.41) is 6.90. The van der Waals surface area contributed by atoms with Gasteiger partial charge in [0.2, 0.25) is 5.95 Å². The Hall–Kier alpha value is -1.85. The summed E-state index contributed by atoms with van der Waals surface area (Å²) < 4.78 is 0. The zero-order valence-corrected chi connectivity index (χ0v) is 14.6. The van der Waals surface area contributed by atoms with E-state index in [4.69, 9.17) is 23.2 Å². The fourth-order valence-electron chi connectivity index (χ4n) is 2.73. The standard InChI is InChI=1S/C17H18Cl2N4O/c18-14-7-6-13(8-15(14)19)22-16(24)11-9-20-17(21-10-11)23-12-4-2-1-3-5-12/h6-10,12H,1-5H2,(H,22,24)(H,20,21,23). The molecular weight excluding hydrogens is 347 g/mol. The monoisotopic (exact) mass is 364 g/mol. The maximum atomic E-state index is 12.2. The van der Waals surface area contributed by atoms with Gasteiger partial charge in [0.05, 0.1) is 15.6 Å². The van der Waals surface area contributed by atoms with Crippen LogP contribution in [0.15, 0.2) is 30.6 Å². The van der Waals surface area contributed by atoms with E-state index in [1.807, 2.05) is 0 Å². The Morgan fingerprint density at radius 3 is 2.42 bits per heavy atom. The number of nitrogens with one attached hydrogen (secondary N) is 2. The second-order valence-electron chi connectivity index (χ2n) is 5.86. The average Bonchev–Trinajstić information content (AvgIpc) is 2.60. The minimum Gasteiger partial charge on any atom is -0.351 e. The lowest BCUT2D eigenvalue weighted by atomic mass is 9.96. The molecule has 0 spiro atoms. The lowest BCUT2D eigenvalue weighted by Gasteiger charge is -2.22. The van der Waals surface area contributed by atoms with Crippen molar-refractivity contribution in [1.82, 2.24) is 9.97 Å². The molecule has 0 atom stereocenters. The number of rotatable bonds is 4. The first-order chi connectivity index (χ1) is 11.6. The molecule has 2 N–H and O–H groups in total. The van der Waals surface area contributed by atoms with E-state index in [0.29, 0.717) is 33.3 Å². The van der Waals surface area contributed by atoms with E-state index in [0.717, 1.165) is 12.8 Å². The van der Waals surface area contributed by atoms with Crippen molar-refractivity contribution in [3.05, 3.63) is 46.2 Å². The molecule has 1 aliphatic rings. The minimum absolute atomic E-state index is 0.294. The number of benzene rings is 1. The van der Waals surface area contributed by atoms with Crippen LogP contribution < -0.4 is 10.6 Å². The quantitative estimate of drug-likeness (QED) is 0.818. The number of amides is 1. The summed E-state index contributed by atoms with van der Waals surface area (Å²) >= 11 is 11.8. The molecular formula is C17H18Cl2N4O. The molecule has 126 valence electrons. The highest BCUT2D eigenvalue weighted by Crippen LogP contribution is 2.25. The summed E-state index contributed by atoms with van der Waals surface area (Å²) in [4.78, 5) is 20.7. The fraction of sp³-hybridized carbons (Fsp3) is 0.353. The van der Waals surface area contributed by atoms with Crippen LogP contribution in [0.2, 0.25) is 10.0 Å². The van der Waals surface area contributed by atoms with Gasteiger partial charge in [0.15, 0.2) is 0 Å². The average molecular weight is 365 g/mol. The van der Waals surface area contributed by atoms with Crippen molar-refractivity contribution in [2.24, 2.45) is 0 Å². The Balaban J connectivity index is 1.61. The van der Waals surface area contributed by atoms with Gasteiger partial charge < -0.3 is 10.6 Å². The van der Waals surface area contributed by atoms with Crippen LogP contribution >= 0.6 is 23.2 Å². The van der Waals surface area contributed by atoms with Gasteiger partial charge in [-0.2, -0.15) is 0 Å². The van der Waals surface area contributed by atoms with Crippen molar-refractivity contribution in [1.29, 1.82) is 0 Å². The summed E-state index contributed by atoms with van der Waals surface area (Å²) in [5.41, 5.74) is 0.953. The van der Waals surface area contributed by atoms with Gasteiger partial charge in [0, 0.05) is 24.1 Å². The zero-order valence-electron chi connectivity index (χ0n) is 13.1. The first kappa shape index (κ1) is 17.0. The molecule has 24 heavy (non-hydrogen) atoms. The van der Waals surface area contributed by atoms with E-state index in [1.165, 1.54) is 31.7 Å². The number of hydrogen-bond acceptors (Lipinski definition) is 4. The third-order valence-electron chi connectivity index (χ3n) is 4.03. The summed E-state index contributed by atoms with van der Waals surface area (Å²) in [5.74, 6) is 0.269. The third-order valence-corrected chi connectivity index (χ3v) is 4.77. The van der Waals surface area contributed by atoms with Crippen molar-refractivity contribution in [3.8, 4) is 0 Å². The molecule has 1 fully saturated rings. The highest BCUT2D eigenvalue weighted by Gasteiger charge is 2.14. The number of anilines is 2. The molecule has 0 bridgehead atoms. The number of carbonyl (C=O) groups is 1. The van der Waals surface area contributed by atoms with Crippen LogP contribution in [0.3, 0.4) is 0 Å². The van der Waals surface area contributed by atoms with Crippen molar-refractivity contribution in [2.75, 3.05) is 10.6 Å². The van der Waals surface area contributed by atoms with Crippen molar-refractivity contribution in [3.63, 3.8) is 0 Å². The first-order valence-corrected chi connectivity index (χ1v) is 8.72. The molecule has 0 unspecified atom stereocenters. The van der Waals surface area contributed by atoms with Gasteiger partial charge in [-0.3, -0.25) is 4.79 Å². The molecule has 1 aromatic heterocycles. The van der Waals surface area contributed by atoms with Gasteiger partial charge in [-0.25, -0.2) is 9.97 Å². The molecule has 1 heterocycles. The van der Waals surface area contributed by atoms with Crippen molar-refractivity contribution in [2.45, 2.75) is 38.1 Å². The lowest BCUT2D eigenvalue weighted by molar-refractivity contribution is 0.102. The highest BCUT2D eigenvalue weighted by molar-refractivity contribution is 6.42. The van der Waals surface area contributed by atoms with Crippen LogP contribution in [0.5, 0.6) is 0 Å². The van der Waals surface area contributed by atoms with E-state index >= 15 is 0 Å². The number of nitrogens with zero attached hydrogens (tertiary/aromatic N) is 2. The summed E-state index contributed by atoms with van der Waals surface area (Å²) in [6.07, 6.45) is 9.10. The van der Waals surface area contributed by atoms with Crippen molar-refractivity contribution >= 4 is 40.7 Å². The van der Waals surface area contributed by atoms with E-state index < -0.39 is 0 Å². The van der Waals surface area contributed by atoms with Crippen molar-refractivity contribution < 1.29 is 4.79 Å². The number of carbonyl (C=O) groups excluding carboxylic acids is 1. The third kappa shape index (κ3) is 4.36. The van der Waals surface area contributed by atoms with E-state index in [2.05, 4.69) is 20.6 Å². The lowest BCUT2D eigenvalue weighted by Crippen LogP contribution is -2.23. The maximum absolute atomic E-state index is 12.2. The second kappa shape index (κ2) is 7.81. The van der Waals surface area contributed by atoms with Gasteiger partial charge in [-0.1, -0.05) is 42.5 Å². The van der Waals surface area contributed by atoms with Crippen LogP contribution in [0.4, 0.5) is 11.6 Å². The Morgan fingerprint density at radius 1 is 1.04 bits per heavy atom. The topological polar surface area (TPSA) is 66.9 Å². The Kier molecular flexibility index (Phi) is 5.53. The molecule has 7 heteroatoms. The highest BCUT2D eigenvalue weighted by atomic mass is 35.5. The van der Waals surface area contributed by atoms with Crippen LogP contribution in [0.25, 0.3) is 0 Å². The largest absolute Gasteiger partial charge is 0.351 e. The Morgan fingerprint density at radius 2 is 1.75 bits per heavy atom. The van der Waals surface area contributed by atoms with Crippen LogP contribution in [-0.4, -0.2) is 21.9 Å². The molecule has 0 saturated heterocycles. The molecule has 5 nitrogen and oxygen atoms in total. The van der Waals surface area contributed by atoms with Gasteiger partial charge in [-0.15, -0.1) is 0 Å². The Labute approximate surface area is 150 Å². The van der Waals surface area contributed by atoms with Crippen LogP contribution in [0, 0.1) is 0 Å². The zero-order chi connectivity index (χ0) is 16.9. The normalized spacial score (nSPS) is 15.1. The second-order valence-corrected chi connectivity index (χ2v) is 6.67. The van der Waals surface area contributed by atoms with Crippen LogP contribution in [0.1, 0.15) is 42.5 Å². The smallest absolute Gasteiger partial charge is 0.258 e. The Bertz CT molecular complexity index is 715. The molecule has 0 radical (unpaired) electrons. The summed E-state index contributed by atoms with van der Waals surface area (Å²) in [6.45, 7) is 0. The molecule has 3 rings (SSSR count). The number of hydrogen-bond donors (Lipinski definition) is 2. The number of aromatic nitrogens is 2. The molecule has 1 saturated carbocycles. The van der Waals surface area contributed by atoms with Gasteiger partial charge in [0.25, 0.3) is 5.91 Å². The predicted molar refractivity (Wildman–Crippen MR) is 96.9 cm³/mol. The molecule has 1 aliphatic carbocycles. The minimum atomic E-state index is -0.294. The van der Waals surface area contributed by atoms with Gasteiger partial charge in [-0.05, 0) is 31.0 Å². The fourth-order valence-corrected chi connectivity index (χ4v) is 3.02. The molecule has 2 aromatic rings. The van der Waals surface area contributed by atoms with Gasteiger partial charge >= 0.3 is 0 Å². The van der Waals surface area contributed by atoms with Gasteiger partial charge in [0.1, 0.15) is 0 Å². The van der Waals surface area contributed by atoms with Crippen LogP contribution in [-0.2, 0) is 0 Å². The summed E-state index contributed by atoms with van der Waals surface area (Å²) in [7, 11) is 0. The predicted octanol–water partition coefficient (Wildman–Crippen LogP) is 4.78. The van der Waals surface area contributed by atoms with E-state index in [-0.39, 0.29) is 5.91 Å². The first-order valence-electron chi connectivity index (χ1n) is 7.97. The van der Waals surface area contributed by atoms with E-state index in [9.17, 15) is 4.79 Å². The molecule has 1 aromatic carbocycles.